The normalized spacial score (nSPS) is 11.5. The number of rotatable bonds is 5. The Bertz CT molecular complexity index is 2830. The summed E-state index contributed by atoms with van der Waals surface area (Å²) < 4.78 is 2.23. The van der Waals surface area contributed by atoms with Gasteiger partial charge in [-0.1, -0.05) is 152 Å². The van der Waals surface area contributed by atoms with E-state index in [4.69, 9.17) is 9.97 Å². The number of hydrogen-bond acceptors (Lipinski definition) is 2. The zero-order valence-corrected chi connectivity index (χ0v) is 27.7. The molecule has 2 heterocycles. The van der Waals surface area contributed by atoms with Crippen molar-refractivity contribution >= 4 is 43.4 Å². The fourth-order valence-electron chi connectivity index (χ4n) is 7.47. The van der Waals surface area contributed by atoms with E-state index in [1.807, 2.05) is 12.1 Å². The van der Waals surface area contributed by atoms with Gasteiger partial charge in [0.05, 0.1) is 22.4 Å². The number of aromatic nitrogens is 3. The number of hydrogen-bond donors (Lipinski definition) is 0. The molecule has 3 nitrogen and oxygen atoms in total. The van der Waals surface area contributed by atoms with E-state index in [0.29, 0.717) is 5.95 Å². The van der Waals surface area contributed by atoms with Crippen LogP contribution in [0.5, 0.6) is 0 Å². The molecule has 0 fully saturated rings. The SMILES string of the molecule is c1ccc(-c2ccc3ccc(-c4ccc5ccc6c(c5c4)c4ccccc4n6-c4nc(-c5ccccc5)cc(-c5ccccc5)n4)cc3c2)cc1. The van der Waals surface area contributed by atoms with Crippen molar-refractivity contribution in [3.8, 4) is 50.7 Å². The van der Waals surface area contributed by atoms with Gasteiger partial charge in [-0.3, -0.25) is 4.57 Å². The van der Waals surface area contributed by atoms with Crippen LogP contribution in [0.2, 0.25) is 0 Å². The van der Waals surface area contributed by atoms with E-state index in [2.05, 4.69) is 180 Å². The summed E-state index contributed by atoms with van der Waals surface area (Å²) in [7, 11) is 0. The fraction of sp³-hybridized carbons (Fsp3) is 0. The van der Waals surface area contributed by atoms with Crippen LogP contribution in [0.3, 0.4) is 0 Å². The third-order valence-corrected chi connectivity index (χ3v) is 9.99. The van der Waals surface area contributed by atoms with Crippen molar-refractivity contribution < 1.29 is 0 Å². The highest BCUT2D eigenvalue weighted by Crippen LogP contribution is 2.39. The molecular formula is C48H31N3. The van der Waals surface area contributed by atoms with Crippen molar-refractivity contribution in [3.63, 3.8) is 0 Å². The Morgan fingerprint density at radius 1 is 0.314 bits per heavy atom. The highest BCUT2D eigenvalue weighted by atomic mass is 15.2. The van der Waals surface area contributed by atoms with Gasteiger partial charge in [-0.2, -0.15) is 0 Å². The molecule has 0 spiro atoms. The van der Waals surface area contributed by atoms with Gasteiger partial charge in [0.2, 0.25) is 5.95 Å². The Labute approximate surface area is 295 Å². The summed E-state index contributed by atoms with van der Waals surface area (Å²) in [5.41, 5.74) is 10.9. The fourth-order valence-corrected chi connectivity index (χ4v) is 7.47. The second kappa shape index (κ2) is 11.9. The van der Waals surface area contributed by atoms with Crippen LogP contribution in [0.4, 0.5) is 0 Å². The number of fused-ring (bicyclic) bond motifs is 6. The van der Waals surface area contributed by atoms with Crippen molar-refractivity contribution in [1.29, 1.82) is 0 Å². The summed E-state index contributed by atoms with van der Waals surface area (Å²) in [5.74, 6) is 0.653. The summed E-state index contributed by atoms with van der Waals surface area (Å²) in [6, 6.07) is 66.9. The van der Waals surface area contributed by atoms with Crippen molar-refractivity contribution in [1.82, 2.24) is 14.5 Å². The molecule has 0 radical (unpaired) electrons. The number of nitrogens with zero attached hydrogens (tertiary/aromatic N) is 3. The van der Waals surface area contributed by atoms with Gasteiger partial charge in [-0.15, -0.1) is 0 Å². The van der Waals surface area contributed by atoms with Gasteiger partial charge < -0.3 is 0 Å². The molecule has 238 valence electrons. The zero-order valence-electron chi connectivity index (χ0n) is 27.7. The molecular weight excluding hydrogens is 619 g/mol. The molecule has 0 amide bonds. The number of benzene rings is 8. The highest BCUT2D eigenvalue weighted by Gasteiger charge is 2.19. The minimum atomic E-state index is 0.653. The van der Waals surface area contributed by atoms with E-state index in [0.717, 1.165) is 33.5 Å². The molecule has 2 aromatic heterocycles. The Balaban J connectivity index is 1.18. The molecule has 8 aromatic carbocycles. The molecule has 0 saturated heterocycles. The van der Waals surface area contributed by atoms with Crippen molar-refractivity contribution in [2.75, 3.05) is 0 Å². The topological polar surface area (TPSA) is 30.7 Å². The second-order valence-electron chi connectivity index (χ2n) is 13.1. The van der Waals surface area contributed by atoms with E-state index in [1.165, 1.54) is 54.6 Å². The van der Waals surface area contributed by atoms with Gasteiger partial charge in [0.25, 0.3) is 0 Å². The highest BCUT2D eigenvalue weighted by molar-refractivity contribution is 6.21. The van der Waals surface area contributed by atoms with Crippen molar-refractivity contribution in [2.24, 2.45) is 0 Å². The van der Waals surface area contributed by atoms with Gasteiger partial charge >= 0.3 is 0 Å². The van der Waals surface area contributed by atoms with E-state index in [1.54, 1.807) is 0 Å². The van der Waals surface area contributed by atoms with Gasteiger partial charge in [0.1, 0.15) is 0 Å². The molecule has 0 unspecified atom stereocenters. The molecule has 10 rings (SSSR count). The van der Waals surface area contributed by atoms with Crippen LogP contribution in [0.15, 0.2) is 188 Å². The zero-order chi connectivity index (χ0) is 33.7. The van der Waals surface area contributed by atoms with Crippen LogP contribution < -0.4 is 0 Å². The summed E-state index contributed by atoms with van der Waals surface area (Å²) in [6.07, 6.45) is 0. The van der Waals surface area contributed by atoms with Crippen LogP contribution in [0.25, 0.3) is 94.1 Å². The molecule has 0 aliphatic rings. The van der Waals surface area contributed by atoms with Crippen LogP contribution >= 0.6 is 0 Å². The van der Waals surface area contributed by atoms with Crippen LogP contribution in [-0.4, -0.2) is 14.5 Å². The largest absolute Gasteiger partial charge is 0.278 e. The monoisotopic (exact) mass is 649 g/mol. The van der Waals surface area contributed by atoms with Crippen molar-refractivity contribution in [3.05, 3.63) is 188 Å². The predicted octanol–water partition coefficient (Wildman–Crippen LogP) is 12.5. The van der Waals surface area contributed by atoms with E-state index in [9.17, 15) is 0 Å². The van der Waals surface area contributed by atoms with E-state index >= 15 is 0 Å². The Kier molecular flexibility index (Phi) is 6.81. The lowest BCUT2D eigenvalue weighted by Gasteiger charge is -2.12. The lowest BCUT2D eigenvalue weighted by Crippen LogP contribution is -2.03. The number of para-hydroxylation sites is 1. The first kappa shape index (κ1) is 29.1. The third-order valence-electron chi connectivity index (χ3n) is 9.99. The van der Waals surface area contributed by atoms with Gasteiger partial charge in [-0.25, -0.2) is 9.97 Å². The average Bonchev–Trinajstić information content (AvgIpc) is 3.56. The third kappa shape index (κ3) is 5.06. The maximum atomic E-state index is 5.23. The quantitative estimate of drug-likeness (QED) is 0.186. The lowest BCUT2D eigenvalue weighted by molar-refractivity contribution is 0.996. The Hall–Kier alpha value is -6.84. The lowest BCUT2D eigenvalue weighted by atomic mass is 9.95. The average molecular weight is 650 g/mol. The van der Waals surface area contributed by atoms with Crippen LogP contribution in [-0.2, 0) is 0 Å². The molecule has 0 N–H and O–H groups in total. The maximum Gasteiger partial charge on any atom is 0.235 e. The summed E-state index contributed by atoms with van der Waals surface area (Å²) in [4.78, 5) is 10.5. The molecule has 0 aliphatic heterocycles. The molecule has 0 atom stereocenters. The molecule has 0 saturated carbocycles. The van der Waals surface area contributed by atoms with Crippen LogP contribution in [0.1, 0.15) is 0 Å². The molecule has 51 heavy (non-hydrogen) atoms. The minimum absolute atomic E-state index is 0.653. The van der Waals surface area contributed by atoms with Gasteiger partial charge in [0.15, 0.2) is 0 Å². The maximum absolute atomic E-state index is 5.23. The molecule has 3 heteroatoms. The molecule has 0 aliphatic carbocycles. The Morgan fingerprint density at radius 3 is 1.47 bits per heavy atom. The van der Waals surface area contributed by atoms with Gasteiger partial charge in [0, 0.05) is 21.9 Å². The van der Waals surface area contributed by atoms with E-state index < -0.39 is 0 Å². The first-order valence-electron chi connectivity index (χ1n) is 17.3. The smallest absolute Gasteiger partial charge is 0.235 e. The Morgan fingerprint density at radius 2 is 0.824 bits per heavy atom. The van der Waals surface area contributed by atoms with Crippen molar-refractivity contribution in [2.45, 2.75) is 0 Å². The minimum Gasteiger partial charge on any atom is -0.278 e. The molecule has 10 aromatic rings. The summed E-state index contributed by atoms with van der Waals surface area (Å²) in [5, 5.41) is 7.25. The standard InChI is InChI=1S/C48H31N3/c1-4-12-32(13-5-1)37-23-20-33-21-24-38(29-40(33)28-37)39-25-22-34-26-27-46-47(42(34)30-39)41-18-10-11-19-45(41)51(46)48-49-43(35-14-6-2-7-15-35)31-44(50-48)36-16-8-3-9-17-36/h1-31H. The molecule has 0 bridgehead atoms. The summed E-state index contributed by atoms with van der Waals surface area (Å²) in [6.45, 7) is 0. The predicted molar refractivity (Wildman–Crippen MR) is 213 cm³/mol. The van der Waals surface area contributed by atoms with Crippen LogP contribution in [0, 0.1) is 0 Å². The van der Waals surface area contributed by atoms with E-state index in [-0.39, 0.29) is 0 Å². The van der Waals surface area contributed by atoms with Gasteiger partial charge in [-0.05, 0) is 80.2 Å². The first-order chi connectivity index (χ1) is 25.3. The summed E-state index contributed by atoms with van der Waals surface area (Å²) >= 11 is 0. The second-order valence-corrected chi connectivity index (χ2v) is 13.1. The first-order valence-corrected chi connectivity index (χ1v) is 17.3.